The summed E-state index contributed by atoms with van der Waals surface area (Å²) in [6.45, 7) is 9.53. The topological polar surface area (TPSA) is 96.0 Å². The van der Waals surface area contributed by atoms with Crippen LogP contribution >= 0.6 is 0 Å². The van der Waals surface area contributed by atoms with Gasteiger partial charge in [-0.1, -0.05) is 33.8 Å². The average molecular weight is 498 g/mol. The monoisotopic (exact) mass is 497 g/mol. The maximum Gasteiger partial charge on any atom is 0.245 e. The predicted octanol–water partition coefficient (Wildman–Crippen LogP) is 2.31. The molecule has 2 aliphatic rings. The van der Waals surface area contributed by atoms with E-state index in [-0.39, 0.29) is 35.9 Å². The zero-order valence-electron chi connectivity index (χ0n) is 20.7. The summed E-state index contributed by atoms with van der Waals surface area (Å²) in [4.78, 5) is 27.9. The summed E-state index contributed by atoms with van der Waals surface area (Å²) >= 11 is 0. The number of amides is 2. The summed E-state index contributed by atoms with van der Waals surface area (Å²) in [5.41, 5.74) is 0.476. The number of aryl methyl sites for hydroxylation is 1. The molecule has 2 saturated heterocycles. The molecule has 0 spiro atoms. The van der Waals surface area contributed by atoms with Gasteiger partial charge in [0.15, 0.2) is 0 Å². The zero-order valence-corrected chi connectivity index (χ0v) is 21.6. The van der Waals surface area contributed by atoms with Crippen LogP contribution < -0.4 is 10.1 Å². The lowest BCUT2D eigenvalue weighted by atomic mass is 9.99. The third-order valence-corrected chi connectivity index (χ3v) is 8.23. The van der Waals surface area contributed by atoms with Crippen molar-refractivity contribution in [2.24, 2.45) is 11.8 Å². The SMILES string of the molecule is CC[C@@H](C)C(=O)N[C@H](C(=O)N1CC[C@@H]2[C@H]1[C@@H](Oc1ccc(C)c(F)c1)CN2S(C)(=O)=O)C(C)C. The molecule has 0 aromatic heterocycles. The minimum atomic E-state index is -3.54. The highest BCUT2D eigenvalue weighted by Crippen LogP contribution is 2.36. The van der Waals surface area contributed by atoms with E-state index in [0.29, 0.717) is 24.9 Å². The molecule has 1 N–H and O–H groups in total. The van der Waals surface area contributed by atoms with Crippen LogP contribution in [0, 0.1) is 24.6 Å². The Kier molecular flexibility index (Phi) is 7.92. The largest absolute Gasteiger partial charge is 0.487 e. The van der Waals surface area contributed by atoms with E-state index in [1.54, 1.807) is 24.0 Å². The fourth-order valence-electron chi connectivity index (χ4n) is 4.72. The highest BCUT2D eigenvalue weighted by Gasteiger charge is 2.55. The van der Waals surface area contributed by atoms with Crippen LogP contribution in [0.1, 0.15) is 46.1 Å². The molecule has 34 heavy (non-hydrogen) atoms. The Morgan fingerprint density at radius 3 is 2.50 bits per heavy atom. The number of carbonyl (C=O) groups excluding carboxylic acids is 2. The minimum Gasteiger partial charge on any atom is -0.487 e. The lowest BCUT2D eigenvalue weighted by Crippen LogP contribution is -2.56. The Balaban J connectivity index is 1.89. The van der Waals surface area contributed by atoms with E-state index in [9.17, 15) is 22.4 Å². The van der Waals surface area contributed by atoms with Crippen molar-refractivity contribution < 1.29 is 27.1 Å². The number of carbonyl (C=O) groups is 2. The molecule has 0 saturated carbocycles. The maximum absolute atomic E-state index is 14.1. The van der Waals surface area contributed by atoms with Gasteiger partial charge in [-0.05, 0) is 37.3 Å². The predicted molar refractivity (Wildman–Crippen MR) is 127 cm³/mol. The van der Waals surface area contributed by atoms with Gasteiger partial charge in [0.2, 0.25) is 21.8 Å². The van der Waals surface area contributed by atoms with Gasteiger partial charge < -0.3 is 15.0 Å². The van der Waals surface area contributed by atoms with Crippen molar-refractivity contribution in [1.29, 1.82) is 0 Å². The quantitative estimate of drug-likeness (QED) is 0.595. The van der Waals surface area contributed by atoms with Gasteiger partial charge in [-0.25, -0.2) is 12.8 Å². The highest BCUT2D eigenvalue weighted by molar-refractivity contribution is 7.88. The van der Waals surface area contributed by atoms with Crippen LogP contribution in [-0.2, 0) is 19.6 Å². The standard InChI is InChI=1S/C24H36FN3O5S/c1-7-15(4)23(29)26-21(14(2)3)24(30)27-11-10-19-22(27)20(13-28(19)34(6,31)32)33-17-9-8-16(5)18(25)12-17/h8-9,12,14-15,19-22H,7,10-11,13H2,1-6H3,(H,26,29)/t15-,19-,20+,21+,22+/m1/s1. The van der Waals surface area contributed by atoms with Crippen LogP contribution in [-0.4, -0.2) is 73.0 Å². The number of hydrogen-bond donors (Lipinski definition) is 1. The summed E-state index contributed by atoms with van der Waals surface area (Å²) in [5.74, 6) is -0.945. The van der Waals surface area contributed by atoms with Crippen molar-refractivity contribution in [1.82, 2.24) is 14.5 Å². The normalized spacial score (nSPS) is 24.7. The van der Waals surface area contributed by atoms with Crippen molar-refractivity contribution in [2.45, 2.75) is 71.7 Å². The smallest absolute Gasteiger partial charge is 0.245 e. The number of nitrogens with zero attached hydrogens (tertiary/aromatic N) is 2. The number of nitrogens with one attached hydrogen (secondary N) is 1. The molecule has 2 fully saturated rings. The van der Waals surface area contributed by atoms with Crippen molar-refractivity contribution in [3.05, 3.63) is 29.6 Å². The molecule has 190 valence electrons. The molecule has 10 heteroatoms. The van der Waals surface area contributed by atoms with Crippen molar-refractivity contribution in [2.75, 3.05) is 19.3 Å². The molecule has 2 heterocycles. The summed E-state index contributed by atoms with van der Waals surface area (Å²) in [5, 5.41) is 2.89. The number of likely N-dealkylation sites (tertiary alicyclic amines) is 1. The number of ether oxygens (including phenoxy) is 1. The van der Waals surface area contributed by atoms with E-state index in [2.05, 4.69) is 5.32 Å². The van der Waals surface area contributed by atoms with Gasteiger partial charge in [-0.15, -0.1) is 0 Å². The van der Waals surface area contributed by atoms with Gasteiger partial charge >= 0.3 is 0 Å². The molecule has 8 nitrogen and oxygen atoms in total. The van der Waals surface area contributed by atoms with Crippen LogP contribution in [0.2, 0.25) is 0 Å². The van der Waals surface area contributed by atoms with E-state index >= 15 is 0 Å². The average Bonchev–Trinajstić information content (AvgIpc) is 3.34. The number of rotatable bonds is 8. The molecule has 3 rings (SSSR count). The first-order valence-corrected chi connectivity index (χ1v) is 13.7. The van der Waals surface area contributed by atoms with Crippen LogP contribution in [0.4, 0.5) is 4.39 Å². The van der Waals surface area contributed by atoms with E-state index in [4.69, 9.17) is 4.74 Å². The lowest BCUT2D eigenvalue weighted by molar-refractivity contribution is -0.140. The molecule has 1 aromatic rings. The van der Waals surface area contributed by atoms with Gasteiger partial charge in [0, 0.05) is 18.5 Å². The van der Waals surface area contributed by atoms with Crippen molar-refractivity contribution in [3.63, 3.8) is 0 Å². The van der Waals surface area contributed by atoms with Crippen LogP contribution in [0.3, 0.4) is 0 Å². The van der Waals surface area contributed by atoms with Crippen LogP contribution in [0.5, 0.6) is 5.75 Å². The molecule has 2 aliphatic heterocycles. The molecule has 5 atom stereocenters. The summed E-state index contributed by atoms with van der Waals surface area (Å²) in [7, 11) is -3.54. The lowest BCUT2D eigenvalue weighted by Gasteiger charge is -2.33. The summed E-state index contributed by atoms with van der Waals surface area (Å²) < 4.78 is 46.6. The zero-order chi connectivity index (χ0) is 25.4. The van der Waals surface area contributed by atoms with Gasteiger partial charge in [-0.3, -0.25) is 9.59 Å². The minimum absolute atomic E-state index is 0.0685. The van der Waals surface area contributed by atoms with Crippen LogP contribution in [0.25, 0.3) is 0 Å². The van der Waals surface area contributed by atoms with Gasteiger partial charge in [0.25, 0.3) is 0 Å². The second kappa shape index (κ2) is 10.2. The Bertz CT molecular complexity index is 1030. The van der Waals surface area contributed by atoms with Gasteiger partial charge in [0.1, 0.15) is 23.7 Å². The Labute approximate surface area is 201 Å². The number of sulfonamides is 1. The number of halogens is 1. The third kappa shape index (κ3) is 5.38. The maximum atomic E-state index is 14.1. The van der Waals surface area contributed by atoms with E-state index in [1.807, 2.05) is 27.7 Å². The molecule has 0 bridgehead atoms. The molecular formula is C24H36FN3O5S. The van der Waals surface area contributed by atoms with E-state index < -0.39 is 40.1 Å². The fourth-order valence-corrected chi connectivity index (χ4v) is 5.86. The fraction of sp³-hybridized carbons (Fsp3) is 0.667. The Morgan fingerprint density at radius 1 is 1.26 bits per heavy atom. The van der Waals surface area contributed by atoms with E-state index in [1.165, 1.54) is 10.4 Å². The molecular weight excluding hydrogens is 461 g/mol. The molecule has 0 unspecified atom stereocenters. The first-order valence-electron chi connectivity index (χ1n) is 11.9. The highest BCUT2D eigenvalue weighted by atomic mass is 32.2. The molecule has 0 radical (unpaired) electrons. The summed E-state index contributed by atoms with van der Waals surface area (Å²) in [6.07, 6.45) is 1.61. The second-order valence-electron chi connectivity index (χ2n) is 9.82. The van der Waals surface area contributed by atoms with E-state index in [0.717, 1.165) is 6.26 Å². The van der Waals surface area contributed by atoms with Crippen LogP contribution in [0.15, 0.2) is 18.2 Å². The molecule has 0 aliphatic carbocycles. The van der Waals surface area contributed by atoms with Gasteiger partial charge in [-0.2, -0.15) is 4.31 Å². The third-order valence-electron chi connectivity index (χ3n) is 6.96. The number of hydrogen-bond acceptors (Lipinski definition) is 5. The Morgan fingerprint density at radius 2 is 1.94 bits per heavy atom. The second-order valence-corrected chi connectivity index (χ2v) is 11.8. The number of fused-ring (bicyclic) bond motifs is 1. The van der Waals surface area contributed by atoms with Crippen molar-refractivity contribution >= 4 is 21.8 Å². The molecule has 1 aromatic carbocycles. The number of benzene rings is 1. The Hall–Kier alpha value is -2.20. The molecule has 2 amide bonds. The van der Waals surface area contributed by atoms with Crippen molar-refractivity contribution in [3.8, 4) is 5.75 Å². The first kappa shape index (κ1) is 26.4. The first-order chi connectivity index (χ1) is 15.8. The van der Waals surface area contributed by atoms with Gasteiger partial charge in [0.05, 0.1) is 24.9 Å². The summed E-state index contributed by atoms with van der Waals surface area (Å²) in [6, 6.07) is 2.82.